The van der Waals surface area contributed by atoms with Gasteiger partial charge in [-0.15, -0.1) is 0 Å². The third-order valence-electron chi connectivity index (χ3n) is 2.54. The smallest absolute Gasteiger partial charge is 0.334 e. The Labute approximate surface area is 101 Å². The van der Waals surface area contributed by atoms with Gasteiger partial charge >= 0.3 is 5.97 Å². The summed E-state index contributed by atoms with van der Waals surface area (Å²) in [7, 11) is 0. The average Bonchev–Trinajstić information content (AvgIpc) is 2.57. The minimum absolute atomic E-state index is 0.243. The van der Waals surface area contributed by atoms with E-state index in [0.717, 1.165) is 11.1 Å². The van der Waals surface area contributed by atoms with Crippen molar-refractivity contribution in [2.75, 3.05) is 5.73 Å². The molecule has 0 amide bonds. The Hall–Kier alpha value is -1.77. The van der Waals surface area contributed by atoms with Crippen molar-refractivity contribution in [2.24, 2.45) is 0 Å². The summed E-state index contributed by atoms with van der Waals surface area (Å²) in [5, 5.41) is 0. The fourth-order valence-corrected chi connectivity index (χ4v) is 1.83. The van der Waals surface area contributed by atoms with Crippen molar-refractivity contribution in [3.05, 3.63) is 34.9 Å². The number of esters is 1. The van der Waals surface area contributed by atoms with Crippen LogP contribution in [0.3, 0.4) is 0 Å². The second-order valence-corrected chi connectivity index (χ2v) is 5.31. The maximum absolute atomic E-state index is 11.9. The molecule has 0 bridgehead atoms. The van der Waals surface area contributed by atoms with E-state index in [4.69, 9.17) is 10.5 Å². The number of carbonyl (C=O) groups is 1. The lowest BCUT2D eigenvalue weighted by Gasteiger charge is -2.19. The summed E-state index contributed by atoms with van der Waals surface area (Å²) in [6.45, 7) is 5.60. The minimum atomic E-state index is -0.453. The first-order valence-corrected chi connectivity index (χ1v) is 5.67. The minimum Gasteiger partial charge on any atom is -0.457 e. The first kappa shape index (κ1) is 11.7. The lowest BCUT2D eigenvalue weighted by Crippen LogP contribution is -2.24. The Morgan fingerprint density at radius 1 is 1.35 bits per heavy atom. The molecule has 1 aliphatic rings. The van der Waals surface area contributed by atoms with Gasteiger partial charge in [-0.3, -0.25) is 0 Å². The monoisotopic (exact) mass is 231 g/mol. The predicted molar refractivity (Wildman–Crippen MR) is 68.4 cm³/mol. The molecule has 1 aromatic carbocycles. The second kappa shape index (κ2) is 3.91. The predicted octanol–water partition coefficient (Wildman–Crippen LogP) is 2.55. The zero-order valence-electron chi connectivity index (χ0n) is 10.4. The Balaban J connectivity index is 2.18. The van der Waals surface area contributed by atoms with Gasteiger partial charge in [0.15, 0.2) is 0 Å². The van der Waals surface area contributed by atoms with Gasteiger partial charge in [0.25, 0.3) is 0 Å². The number of hydrogen-bond acceptors (Lipinski definition) is 3. The highest BCUT2D eigenvalue weighted by Crippen LogP contribution is 2.28. The summed E-state index contributed by atoms with van der Waals surface area (Å²) < 4.78 is 5.34. The van der Waals surface area contributed by atoms with Crippen LogP contribution >= 0.6 is 0 Å². The van der Waals surface area contributed by atoms with Crippen LogP contribution in [-0.4, -0.2) is 11.6 Å². The van der Waals surface area contributed by atoms with Crippen LogP contribution in [0, 0.1) is 0 Å². The Morgan fingerprint density at radius 2 is 2.06 bits per heavy atom. The van der Waals surface area contributed by atoms with E-state index in [0.29, 0.717) is 17.7 Å². The number of anilines is 1. The molecule has 0 spiro atoms. The molecule has 0 saturated heterocycles. The summed E-state index contributed by atoms with van der Waals surface area (Å²) in [6.07, 6.45) is 2.49. The lowest BCUT2D eigenvalue weighted by atomic mass is 10.1. The van der Waals surface area contributed by atoms with Crippen molar-refractivity contribution < 1.29 is 9.53 Å². The molecule has 0 heterocycles. The van der Waals surface area contributed by atoms with E-state index >= 15 is 0 Å². The maximum Gasteiger partial charge on any atom is 0.334 e. The highest BCUT2D eigenvalue weighted by atomic mass is 16.6. The van der Waals surface area contributed by atoms with Crippen LogP contribution in [0.2, 0.25) is 0 Å². The number of nitrogens with two attached hydrogens (primary N) is 1. The highest BCUT2D eigenvalue weighted by Gasteiger charge is 2.23. The quantitative estimate of drug-likeness (QED) is 0.597. The van der Waals surface area contributed by atoms with Gasteiger partial charge in [-0.25, -0.2) is 4.79 Å². The van der Waals surface area contributed by atoms with E-state index in [1.807, 2.05) is 45.0 Å². The Kier molecular flexibility index (Phi) is 2.69. The summed E-state index contributed by atoms with van der Waals surface area (Å²) in [5.74, 6) is -0.243. The molecule has 90 valence electrons. The number of carbonyl (C=O) groups excluding carboxylic acids is 1. The van der Waals surface area contributed by atoms with Crippen molar-refractivity contribution in [3.63, 3.8) is 0 Å². The molecule has 1 aromatic rings. The molecule has 3 nitrogen and oxygen atoms in total. The van der Waals surface area contributed by atoms with Gasteiger partial charge in [-0.1, -0.05) is 6.07 Å². The average molecular weight is 231 g/mol. The molecule has 0 saturated carbocycles. The van der Waals surface area contributed by atoms with E-state index in [-0.39, 0.29) is 5.97 Å². The van der Waals surface area contributed by atoms with Gasteiger partial charge in [0.2, 0.25) is 0 Å². The number of benzene rings is 1. The highest BCUT2D eigenvalue weighted by molar-refractivity contribution is 5.97. The molecule has 0 aromatic heterocycles. The van der Waals surface area contributed by atoms with Gasteiger partial charge in [0, 0.05) is 17.7 Å². The first-order valence-electron chi connectivity index (χ1n) is 5.67. The molecule has 2 rings (SSSR count). The molecule has 0 aliphatic heterocycles. The molecule has 0 unspecified atom stereocenters. The van der Waals surface area contributed by atoms with Crippen LogP contribution in [0.5, 0.6) is 0 Å². The molecule has 17 heavy (non-hydrogen) atoms. The summed E-state index contributed by atoms with van der Waals surface area (Å²) in [6, 6.07) is 5.69. The van der Waals surface area contributed by atoms with Gasteiger partial charge < -0.3 is 10.5 Å². The first-order chi connectivity index (χ1) is 7.85. The van der Waals surface area contributed by atoms with Gasteiger partial charge in [0.05, 0.1) is 0 Å². The fourth-order valence-electron chi connectivity index (χ4n) is 1.83. The van der Waals surface area contributed by atoms with E-state index in [1.54, 1.807) is 0 Å². The largest absolute Gasteiger partial charge is 0.457 e. The van der Waals surface area contributed by atoms with E-state index in [9.17, 15) is 4.79 Å². The van der Waals surface area contributed by atoms with Crippen LogP contribution in [0.25, 0.3) is 6.08 Å². The Bertz CT molecular complexity index is 495. The van der Waals surface area contributed by atoms with Crippen LogP contribution < -0.4 is 5.73 Å². The zero-order valence-corrected chi connectivity index (χ0v) is 10.4. The normalized spacial score (nSPS) is 14.2. The number of rotatable bonds is 1. The topological polar surface area (TPSA) is 52.3 Å². The van der Waals surface area contributed by atoms with Crippen LogP contribution in [0.4, 0.5) is 5.69 Å². The molecule has 0 fully saturated rings. The van der Waals surface area contributed by atoms with E-state index < -0.39 is 5.60 Å². The molecular formula is C14H17NO2. The van der Waals surface area contributed by atoms with Crippen molar-refractivity contribution in [1.82, 2.24) is 0 Å². The van der Waals surface area contributed by atoms with Crippen LogP contribution in [0.15, 0.2) is 23.8 Å². The number of nitrogen functional groups attached to an aromatic ring is 1. The molecule has 1 aliphatic carbocycles. The third-order valence-corrected chi connectivity index (χ3v) is 2.54. The van der Waals surface area contributed by atoms with E-state index in [1.165, 1.54) is 0 Å². The van der Waals surface area contributed by atoms with Crippen molar-refractivity contribution in [2.45, 2.75) is 32.8 Å². The molecule has 0 radical (unpaired) electrons. The molecule has 2 N–H and O–H groups in total. The van der Waals surface area contributed by atoms with Gasteiger partial charge in [-0.2, -0.15) is 0 Å². The third kappa shape index (κ3) is 2.67. The van der Waals surface area contributed by atoms with Gasteiger partial charge in [-0.05, 0) is 50.1 Å². The summed E-state index contributed by atoms with van der Waals surface area (Å²) in [4.78, 5) is 11.9. The van der Waals surface area contributed by atoms with Gasteiger partial charge in [0.1, 0.15) is 5.60 Å². The Morgan fingerprint density at radius 3 is 2.71 bits per heavy atom. The van der Waals surface area contributed by atoms with Crippen molar-refractivity contribution in [3.8, 4) is 0 Å². The molecular weight excluding hydrogens is 214 g/mol. The van der Waals surface area contributed by atoms with Crippen LogP contribution in [0.1, 0.15) is 31.9 Å². The zero-order chi connectivity index (χ0) is 12.6. The van der Waals surface area contributed by atoms with Crippen LogP contribution in [-0.2, 0) is 16.0 Å². The summed E-state index contributed by atoms with van der Waals surface area (Å²) >= 11 is 0. The second-order valence-electron chi connectivity index (χ2n) is 5.31. The fraction of sp³-hybridized carbons (Fsp3) is 0.357. The number of fused-ring (bicyclic) bond motifs is 1. The summed E-state index contributed by atoms with van der Waals surface area (Å²) in [5.41, 5.74) is 8.81. The van der Waals surface area contributed by atoms with Crippen molar-refractivity contribution in [1.29, 1.82) is 0 Å². The van der Waals surface area contributed by atoms with Crippen molar-refractivity contribution >= 4 is 17.7 Å². The number of hydrogen-bond donors (Lipinski definition) is 1. The standard InChI is InChI=1S/C14H17NO2/c1-14(2,3)17-13(16)11-6-9-4-5-12(15)8-10(9)7-11/h4-5,7-8H,6,15H2,1-3H3. The maximum atomic E-state index is 11.9. The molecule has 3 heteroatoms. The number of ether oxygens (including phenoxy) is 1. The molecule has 0 atom stereocenters. The SMILES string of the molecule is CC(C)(C)OC(=O)C1=Cc2cc(N)ccc2C1. The lowest BCUT2D eigenvalue weighted by molar-refractivity contribution is -0.149. The van der Waals surface area contributed by atoms with E-state index in [2.05, 4.69) is 0 Å².